The number of allylic oxidation sites excluding steroid dienone is 1. The molecular weight excluding hydrogens is 498 g/mol. The highest BCUT2D eigenvalue weighted by atomic mass is 16.5. The molecule has 0 aliphatic rings. The topological polar surface area (TPSA) is 55.8 Å². The van der Waals surface area contributed by atoms with Crippen LogP contribution in [0.4, 0.5) is 0 Å². The molecule has 0 aromatic rings. The Balaban J connectivity index is 5.92. The van der Waals surface area contributed by atoms with Crippen molar-refractivity contribution in [2.45, 2.75) is 140 Å². The van der Waals surface area contributed by atoms with Crippen LogP contribution in [-0.4, -0.2) is 50.2 Å². The third kappa shape index (κ3) is 14.0. The summed E-state index contributed by atoms with van der Waals surface area (Å²) in [5, 5.41) is 0. The summed E-state index contributed by atoms with van der Waals surface area (Å²) < 4.78 is 12.3. The van der Waals surface area contributed by atoms with Crippen molar-refractivity contribution in [2.24, 2.45) is 34.0 Å². The van der Waals surface area contributed by atoms with E-state index in [4.69, 9.17) is 9.47 Å². The predicted octanol–water partition coefficient (Wildman–Crippen LogP) is 9.10. The van der Waals surface area contributed by atoms with Crippen LogP contribution in [0.2, 0.25) is 0 Å². The highest BCUT2D eigenvalue weighted by Gasteiger charge is 2.47. The van der Waals surface area contributed by atoms with Gasteiger partial charge < -0.3 is 14.4 Å². The Kier molecular flexibility index (Phi) is 17.6. The summed E-state index contributed by atoms with van der Waals surface area (Å²) in [7, 11) is 4.04. The highest BCUT2D eigenvalue weighted by molar-refractivity contribution is 5.76. The van der Waals surface area contributed by atoms with Crippen molar-refractivity contribution >= 4 is 11.9 Å². The first kappa shape index (κ1) is 38.6. The molecule has 0 radical (unpaired) electrons. The molecule has 0 saturated heterocycles. The second-order valence-electron chi connectivity index (χ2n) is 14.4. The zero-order valence-corrected chi connectivity index (χ0v) is 28.8. The minimum absolute atomic E-state index is 0.0733. The van der Waals surface area contributed by atoms with E-state index in [9.17, 15) is 9.59 Å². The average molecular weight is 566 g/mol. The summed E-state index contributed by atoms with van der Waals surface area (Å²) in [5.41, 5.74) is -0.926. The Labute approximate surface area is 249 Å². The smallest absolute Gasteiger partial charge is 0.312 e. The lowest BCUT2D eigenvalue weighted by Crippen LogP contribution is -2.46. The number of hydrogen-bond acceptors (Lipinski definition) is 5. The molecule has 0 rings (SSSR count). The van der Waals surface area contributed by atoms with Gasteiger partial charge in [0.15, 0.2) is 0 Å². The molecule has 5 nitrogen and oxygen atoms in total. The summed E-state index contributed by atoms with van der Waals surface area (Å²) in [4.78, 5) is 28.8. The van der Waals surface area contributed by atoms with Crippen molar-refractivity contribution in [3.63, 3.8) is 0 Å². The van der Waals surface area contributed by atoms with E-state index >= 15 is 0 Å². The van der Waals surface area contributed by atoms with Gasteiger partial charge in [0, 0.05) is 11.8 Å². The molecule has 0 bridgehead atoms. The van der Waals surface area contributed by atoms with Crippen LogP contribution >= 0.6 is 0 Å². The standard InChI is InChI=1S/C35H67NO4/c1-14-28(7)24-29(15-2)31(40-30(37)20-18-22-36(12)13)34(10,16-3)26-35(11,17-4)32(38)39-23-19-21-33(8,9)25-27(5)6/h19,21,27-29,31H,14-18,20,22-26H2,1-13H3. The van der Waals surface area contributed by atoms with E-state index in [0.29, 0.717) is 31.1 Å². The number of esters is 2. The largest absolute Gasteiger partial charge is 0.461 e. The first-order valence-corrected chi connectivity index (χ1v) is 16.2. The lowest BCUT2D eigenvalue weighted by Gasteiger charge is -2.45. The monoisotopic (exact) mass is 566 g/mol. The van der Waals surface area contributed by atoms with Crippen LogP contribution < -0.4 is 0 Å². The fourth-order valence-corrected chi connectivity index (χ4v) is 6.18. The number of nitrogens with zero attached hydrogens (tertiary/aromatic N) is 1. The molecule has 5 heteroatoms. The van der Waals surface area contributed by atoms with Crippen LogP contribution in [-0.2, 0) is 19.1 Å². The van der Waals surface area contributed by atoms with Crippen molar-refractivity contribution in [1.82, 2.24) is 4.90 Å². The number of rotatable bonds is 21. The number of ether oxygens (including phenoxy) is 2. The zero-order valence-electron chi connectivity index (χ0n) is 28.8. The van der Waals surface area contributed by atoms with Gasteiger partial charge in [-0.15, -0.1) is 0 Å². The molecule has 0 aromatic carbocycles. The fraction of sp³-hybridized carbons (Fsp3) is 0.886. The zero-order chi connectivity index (χ0) is 31.1. The van der Waals surface area contributed by atoms with E-state index in [1.807, 2.05) is 27.1 Å². The maximum atomic E-state index is 13.5. The van der Waals surface area contributed by atoms with Gasteiger partial charge in [-0.2, -0.15) is 0 Å². The van der Waals surface area contributed by atoms with E-state index in [0.717, 1.165) is 45.1 Å². The van der Waals surface area contributed by atoms with Crippen LogP contribution in [0.3, 0.4) is 0 Å². The summed E-state index contributed by atoms with van der Waals surface area (Å²) in [5.74, 6) is 1.13. The molecule has 0 heterocycles. The maximum Gasteiger partial charge on any atom is 0.312 e. The van der Waals surface area contributed by atoms with Crippen molar-refractivity contribution in [3.8, 4) is 0 Å². The van der Waals surface area contributed by atoms with E-state index in [2.05, 4.69) is 80.2 Å². The Morgan fingerprint density at radius 2 is 1.55 bits per heavy atom. The maximum absolute atomic E-state index is 13.5. The van der Waals surface area contributed by atoms with Crippen molar-refractivity contribution in [3.05, 3.63) is 12.2 Å². The van der Waals surface area contributed by atoms with E-state index in [-0.39, 0.29) is 41.4 Å². The van der Waals surface area contributed by atoms with Gasteiger partial charge in [-0.05, 0) is 95.7 Å². The molecule has 0 aliphatic heterocycles. The molecular formula is C35H67NO4. The molecule has 0 aliphatic carbocycles. The van der Waals surface area contributed by atoms with E-state index < -0.39 is 5.41 Å². The molecule has 0 spiro atoms. The van der Waals surface area contributed by atoms with Gasteiger partial charge in [-0.1, -0.05) is 87.8 Å². The van der Waals surface area contributed by atoms with Gasteiger partial charge in [-0.25, -0.2) is 0 Å². The van der Waals surface area contributed by atoms with E-state index in [1.54, 1.807) is 0 Å². The van der Waals surface area contributed by atoms with Crippen molar-refractivity contribution in [2.75, 3.05) is 27.2 Å². The molecule has 0 N–H and O–H groups in total. The minimum Gasteiger partial charge on any atom is -0.461 e. The lowest BCUT2D eigenvalue weighted by atomic mass is 9.64. The number of carbonyl (C=O) groups is 2. The molecule has 40 heavy (non-hydrogen) atoms. The van der Waals surface area contributed by atoms with Gasteiger partial charge in [0.1, 0.15) is 12.7 Å². The summed E-state index contributed by atoms with van der Waals surface area (Å²) in [6, 6.07) is 0. The first-order valence-electron chi connectivity index (χ1n) is 16.2. The predicted molar refractivity (Wildman–Crippen MR) is 170 cm³/mol. The Morgan fingerprint density at radius 3 is 2.02 bits per heavy atom. The van der Waals surface area contributed by atoms with Crippen molar-refractivity contribution in [1.29, 1.82) is 0 Å². The van der Waals surface area contributed by atoms with Crippen LogP contribution in [0, 0.1) is 34.0 Å². The first-order chi connectivity index (χ1) is 18.5. The quantitative estimate of drug-likeness (QED) is 0.103. The second-order valence-corrected chi connectivity index (χ2v) is 14.4. The van der Waals surface area contributed by atoms with E-state index in [1.165, 1.54) is 0 Å². The summed E-state index contributed by atoms with van der Waals surface area (Å²) in [6.45, 7) is 25.2. The van der Waals surface area contributed by atoms with Gasteiger partial charge in [0.2, 0.25) is 0 Å². The Bertz CT molecular complexity index is 758. The number of hydrogen-bond donors (Lipinski definition) is 0. The van der Waals surface area contributed by atoms with Gasteiger partial charge >= 0.3 is 11.9 Å². The summed E-state index contributed by atoms with van der Waals surface area (Å²) >= 11 is 0. The number of carbonyl (C=O) groups excluding carboxylic acids is 2. The highest BCUT2D eigenvalue weighted by Crippen LogP contribution is 2.47. The third-order valence-corrected chi connectivity index (χ3v) is 8.97. The molecule has 0 amide bonds. The molecule has 5 unspecified atom stereocenters. The van der Waals surface area contributed by atoms with Gasteiger partial charge in [0.05, 0.1) is 5.41 Å². The third-order valence-electron chi connectivity index (χ3n) is 8.97. The SMILES string of the molecule is CCC(C)CC(CC)C(OC(=O)CCCN(C)C)C(C)(CC)CC(C)(CC)C(=O)OCC=CC(C)(C)CC(C)C. The summed E-state index contributed by atoms with van der Waals surface area (Å²) in [6.07, 6.45) is 11.4. The second kappa shape index (κ2) is 18.2. The van der Waals surface area contributed by atoms with Crippen molar-refractivity contribution < 1.29 is 19.1 Å². The Morgan fingerprint density at radius 1 is 0.925 bits per heavy atom. The van der Waals surface area contributed by atoms with Gasteiger partial charge in [0.25, 0.3) is 0 Å². The molecule has 236 valence electrons. The van der Waals surface area contributed by atoms with Crippen LogP contribution in [0.1, 0.15) is 134 Å². The van der Waals surface area contributed by atoms with Gasteiger partial charge in [-0.3, -0.25) is 9.59 Å². The molecule has 5 atom stereocenters. The molecule has 0 aromatic heterocycles. The fourth-order valence-electron chi connectivity index (χ4n) is 6.18. The minimum atomic E-state index is -0.656. The van der Waals surface area contributed by atoms with Crippen LogP contribution in [0.25, 0.3) is 0 Å². The molecule has 0 saturated carbocycles. The lowest BCUT2D eigenvalue weighted by molar-refractivity contribution is -0.169. The average Bonchev–Trinajstić information content (AvgIpc) is 2.86. The normalized spacial score (nSPS) is 17.9. The Hall–Kier alpha value is -1.36. The molecule has 0 fully saturated rings. The van der Waals surface area contributed by atoms with Crippen LogP contribution in [0.15, 0.2) is 12.2 Å². The van der Waals surface area contributed by atoms with Crippen LogP contribution in [0.5, 0.6) is 0 Å².